The molecule has 1 amide bonds. The molecule has 1 saturated heterocycles. The van der Waals surface area contributed by atoms with Crippen molar-refractivity contribution in [3.05, 3.63) is 29.8 Å². The quantitative estimate of drug-likeness (QED) is 0.856. The Morgan fingerprint density at radius 3 is 2.57 bits per heavy atom. The molecule has 2 N–H and O–H groups in total. The highest BCUT2D eigenvalue weighted by Gasteiger charge is 2.42. The standard InChI is InChI=1S/C15H17N3O3S2/c19-14(16-10-5-6-10)9-1-3-11(4-2-9)17-15-18-12-7-23(20,21)8-13(12)22-15/h1-4,10,12-13H,5-8H2,(H,16,19)(H,17,18)/t12-,13-/m0/s1. The molecule has 6 nitrogen and oxygen atoms in total. The SMILES string of the molecule is O=C(NC1CC1)c1ccc(NC2=N[C@H]3CS(=O)(=O)C[C@@H]3S2)cc1. The van der Waals surface area contributed by atoms with E-state index in [0.29, 0.717) is 11.6 Å². The minimum atomic E-state index is -2.92. The first kappa shape index (κ1) is 15.0. The van der Waals surface area contributed by atoms with Crippen LogP contribution in [0.25, 0.3) is 0 Å². The molecule has 0 radical (unpaired) electrons. The second kappa shape index (κ2) is 5.52. The predicted octanol–water partition coefficient (Wildman–Crippen LogP) is 1.26. The van der Waals surface area contributed by atoms with E-state index in [1.54, 1.807) is 12.1 Å². The van der Waals surface area contributed by atoms with Crippen LogP contribution in [0.15, 0.2) is 29.3 Å². The Labute approximate surface area is 139 Å². The fraction of sp³-hybridized carbons (Fsp3) is 0.467. The van der Waals surface area contributed by atoms with Crippen molar-refractivity contribution in [2.24, 2.45) is 4.99 Å². The number of fused-ring (bicyclic) bond motifs is 1. The van der Waals surface area contributed by atoms with Gasteiger partial charge in [0, 0.05) is 22.5 Å². The maximum absolute atomic E-state index is 11.9. The van der Waals surface area contributed by atoms with Crippen molar-refractivity contribution in [3.63, 3.8) is 0 Å². The van der Waals surface area contributed by atoms with Gasteiger partial charge in [-0.2, -0.15) is 0 Å². The van der Waals surface area contributed by atoms with Gasteiger partial charge in [0.05, 0.1) is 17.5 Å². The summed E-state index contributed by atoms with van der Waals surface area (Å²) in [6, 6.07) is 7.47. The average molecular weight is 351 g/mol. The molecule has 0 unspecified atom stereocenters. The monoisotopic (exact) mass is 351 g/mol. The maximum atomic E-state index is 11.9. The smallest absolute Gasteiger partial charge is 0.251 e. The normalized spacial score (nSPS) is 28.1. The van der Waals surface area contributed by atoms with Gasteiger partial charge in [-0.05, 0) is 37.1 Å². The molecule has 1 aromatic carbocycles. The van der Waals surface area contributed by atoms with Gasteiger partial charge in [0.15, 0.2) is 15.0 Å². The van der Waals surface area contributed by atoms with Gasteiger partial charge in [0.1, 0.15) is 0 Å². The van der Waals surface area contributed by atoms with E-state index in [0.717, 1.165) is 23.7 Å². The van der Waals surface area contributed by atoms with E-state index in [1.165, 1.54) is 11.8 Å². The fourth-order valence-electron chi connectivity index (χ4n) is 2.74. The highest BCUT2D eigenvalue weighted by atomic mass is 32.2. The Hall–Kier alpha value is -1.54. The van der Waals surface area contributed by atoms with Crippen molar-refractivity contribution in [2.45, 2.75) is 30.2 Å². The molecule has 2 fully saturated rings. The van der Waals surface area contributed by atoms with Crippen LogP contribution in [-0.4, -0.2) is 48.3 Å². The van der Waals surface area contributed by atoms with Crippen LogP contribution in [0, 0.1) is 0 Å². The number of aliphatic imine (C=N–C) groups is 1. The molecule has 2 aliphatic heterocycles. The Morgan fingerprint density at radius 2 is 1.91 bits per heavy atom. The van der Waals surface area contributed by atoms with Gasteiger partial charge >= 0.3 is 0 Å². The van der Waals surface area contributed by atoms with Crippen LogP contribution >= 0.6 is 11.8 Å². The first-order chi connectivity index (χ1) is 11.0. The summed E-state index contributed by atoms with van der Waals surface area (Å²) in [5.41, 5.74) is 1.49. The minimum Gasteiger partial charge on any atom is -0.349 e. The summed E-state index contributed by atoms with van der Waals surface area (Å²) >= 11 is 1.49. The number of hydrogen-bond donors (Lipinski definition) is 2. The zero-order valence-corrected chi connectivity index (χ0v) is 14.0. The Kier molecular flexibility index (Phi) is 3.60. The van der Waals surface area contributed by atoms with E-state index in [2.05, 4.69) is 15.6 Å². The summed E-state index contributed by atoms with van der Waals surface area (Å²) in [5, 5.41) is 6.94. The number of anilines is 1. The fourth-order valence-corrected chi connectivity index (χ4v) is 6.42. The molecule has 1 aliphatic carbocycles. The Morgan fingerprint density at radius 1 is 1.17 bits per heavy atom. The van der Waals surface area contributed by atoms with Gasteiger partial charge in [0.25, 0.3) is 5.91 Å². The van der Waals surface area contributed by atoms with Gasteiger partial charge in [-0.25, -0.2) is 8.42 Å². The zero-order chi connectivity index (χ0) is 16.0. The van der Waals surface area contributed by atoms with Gasteiger partial charge in [-0.15, -0.1) is 0 Å². The maximum Gasteiger partial charge on any atom is 0.251 e. The van der Waals surface area contributed by atoms with Crippen molar-refractivity contribution in [1.82, 2.24) is 5.32 Å². The molecule has 3 aliphatic rings. The lowest BCUT2D eigenvalue weighted by atomic mass is 10.2. The number of rotatable bonds is 3. The van der Waals surface area contributed by atoms with Crippen LogP contribution in [0.3, 0.4) is 0 Å². The van der Waals surface area contributed by atoms with Crippen LogP contribution in [0.4, 0.5) is 5.69 Å². The zero-order valence-electron chi connectivity index (χ0n) is 12.4. The molecular weight excluding hydrogens is 334 g/mol. The molecule has 0 bridgehead atoms. The molecule has 2 atom stereocenters. The third-order valence-electron chi connectivity index (χ3n) is 4.13. The molecule has 4 rings (SSSR count). The van der Waals surface area contributed by atoms with Gasteiger partial charge in [-0.1, -0.05) is 11.8 Å². The first-order valence-electron chi connectivity index (χ1n) is 7.61. The summed E-state index contributed by atoms with van der Waals surface area (Å²) in [4.78, 5) is 16.4. The lowest BCUT2D eigenvalue weighted by molar-refractivity contribution is 0.0951. The number of amidine groups is 1. The average Bonchev–Trinajstić information content (AvgIpc) is 3.15. The number of hydrogen-bond acceptors (Lipinski definition) is 6. The molecule has 1 aromatic rings. The number of carbonyl (C=O) groups is 1. The minimum absolute atomic E-state index is 0.0334. The predicted molar refractivity (Wildman–Crippen MR) is 91.8 cm³/mol. The molecule has 122 valence electrons. The van der Waals surface area contributed by atoms with Crippen molar-refractivity contribution in [1.29, 1.82) is 0 Å². The molecule has 0 aromatic heterocycles. The third-order valence-corrected chi connectivity index (χ3v) is 7.27. The summed E-state index contributed by atoms with van der Waals surface area (Å²) in [6.07, 6.45) is 2.14. The highest BCUT2D eigenvalue weighted by Crippen LogP contribution is 2.34. The van der Waals surface area contributed by atoms with Crippen LogP contribution in [0.5, 0.6) is 0 Å². The molecular formula is C15H17N3O3S2. The lowest BCUT2D eigenvalue weighted by Crippen LogP contribution is -2.25. The number of benzene rings is 1. The third kappa shape index (κ3) is 3.37. The summed E-state index contributed by atoms with van der Waals surface area (Å²) < 4.78 is 23.1. The van der Waals surface area contributed by atoms with Gasteiger partial charge < -0.3 is 10.6 Å². The van der Waals surface area contributed by atoms with Crippen molar-refractivity contribution < 1.29 is 13.2 Å². The van der Waals surface area contributed by atoms with Gasteiger partial charge in [0.2, 0.25) is 0 Å². The second-order valence-electron chi connectivity index (χ2n) is 6.18. The largest absolute Gasteiger partial charge is 0.349 e. The topological polar surface area (TPSA) is 87.6 Å². The Balaban J connectivity index is 1.39. The summed E-state index contributed by atoms with van der Waals surface area (Å²) in [6.45, 7) is 0. The van der Waals surface area contributed by atoms with Crippen LogP contribution in [0.1, 0.15) is 23.2 Å². The Bertz CT molecular complexity index is 770. The van der Waals surface area contributed by atoms with E-state index in [-0.39, 0.29) is 28.7 Å². The van der Waals surface area contributed by atoms with E-state index in [9.17, 15) is 13.2 Å². The molecule has 2 heterocycles. The lowest BCUT2D eigenvalue weighted by Gasteiger charge is -2.08. The molecule has 0 spiro atoms. The first-order valence-corrected chi connectivity index (χ1v) is 10.3. The number of sulfone groups is 1. The van der Waals surface area contributed by atoms with E-state index < -0.39 is 9.84 Å². The number of nitrogens with one attached hydrogen (secondary N) is 2. The summed E-state index contributed by atoms with van der Waals surface area (Å²) in [7, 11) is -2.92. The van der Waals surface area contributed by atoms with E-state index in [1.807, 2.05) is 12.1 Å². The van der Waals surface area contributed by atoms with E-state index in [4.69, 9.17) is 0 Å². The molecule has 23 heavy (non-hydrogen) atoms. The number of amides is 1. The van der Waals surface area contributed by atoms with Crippen molar-refractivity contribution in [2.75, 3.05) is 16.8 Å². The van der Waals surface area contributed by atoms with Crippen LogP contribution in [-0.2, 0) is 9.84 Å². The van der Waals surface area contributed by atoms with E-state index >= 15 is 0 Å². The summed E-state index contributed by atoms with van der Waals surface area (Å²) in [5.74, 6) is 0.319. The van der Waals surface area contributed by atoms with Crippen LogP contribution < -0.4 is 10.6 Å². The molecule has 8 heteroatoms. The number of carbonyl (C=O) groups excluding carboxylic acids is 1. The van der Waals surface area contributed by atoms with Crippen molar-refractivity contribution >= 4 is 38.4 Å². The molecule has 1 saturated carbocycles. The van der Waals surface area contributed by atoms with Gasteiger partial charge in [-0.3, -0.25) is 9.79 Å². The number of nitrogens with zero attached hydrogens (tertiary/aromatic N) is 1. The number of thioether (sulfide) groups is 1. The van der Waals surface area contributed by atoms with Crippen molar-refractivity contribution in [3.8, 4) is 0 Å². The second-order valence-corrected chi connectivity index (χ2v) is 9.57. The highest BCUT2D eigenvalue weighted by molar-refractivity contribution is 8.15. The van der Waals surface area contributed by atoms with Crippen LogP contribution in [0.2, 0.25) is 0 Å².